The molecule has 146 valence electrons. The third-order valence-corrected chi connectivity index (χ3v) is 4.95. The monoisotopic (exact) mass is 389 g/mol. The Balaban J connectivity index is 0.00000243. The lowest BCUT2D eigenvalue weighted by Gasteiger charge is -2.28. The summed E-state index contributed by atoms with van der Waals surface area (Å²) in [6, 6.07) is 7.20. The lowest BCUT2D eigenvalue weighted by atomic mass is 9.92. The van der Waals surface area contributed by atoms with Crippen molar-refractivity contribution in [1.29, 1.82) is 0 Å². The van der Waals surface area contributed by atoms with Crippen molar-refractivity contribution < 1.29 is 18.3 Å². The second-order valence-corrected chi connectivity index (χ2v) is 6.86. The Labute approximate surface area is 158 Å². The molecule has 3 rings (SSSR count). The summed E-state index contributed by atoms with van der Waals surface area (Å²) in [7, 11) is 0. The molecule has 0 saturated carbocycles. The molecule has 26 heavy (non-hydrogen) atoms. The smallest absolute Gasteiger partial charge is 0.387 e. The number of rotatable bonds is 5. The van der Waals surface area contributed by atoms with Gasteiger partial charge in [-0.05, 0) is 44.9 Å². The van der Waals surface area contributed by atoms with Gasteiger partial charge in [-0.2, -0.15) is 8.78 Å². The normalized spacial score (nSPS) is 25.7. The maximum absolute atomic E-state index is 12.6. The van der Waals surface area contributed by atoms with Crippen molar-refractivity contribution >= 4 is 24.0 Å². The van der Waals surface area contributed by atoms with E-state index in [1.54, 1.807) is 24.3 Å². The standard InChI is InChI=1S/C18H25F2N3O2.ClH/c1-12-10-13(6-8-21-12)17(24)22-14-7-9-23(11-14)15-4-2-3-5-16(15)25-18(19)20;/h2-5,12-14,18,21H,6-11H2,1H3,(H,22,24);1H/t12-,13-,14?;/m0./s1. The number of carbonyl (C=O) groups is 1. The summed E-state index contributed by atoms with van der Waals surface area (Å²) in [5.41, 5.74) is 0.648. The highest BCUT2D eigenvalue weighted by Gasteiger charge is 2.30. The molecule has 2 aliphatic rings. The summed E-state index contributed by atoms with van der Waals surface area (Å²) in [6.45, 7) is 1.43. The van der Waals surface area contributed by atoms with Gasteiger partial charge in [0.15, 0.2) is 0 Å². The number of anilines is 1. The Morgan fingerprint density at radius 2 is 2.12 bits per heavy atom. The Kier molecular flexibility index (Phi) is 7.46. The second-order valence-electron chi connectivity index (χ2n) is 6.86. The molecule has 5 nitrogen and oxygen atoms in total. The summed E-state index contributed by atoms with van der Waals surface area (Å²) < 4.78 is 29.8. The van der Waals surface area contributed by atoms with Crippen molar-refractivity contribution in [2.24, 2.45) is 5.92 Å². The average Bonchev–Trinajstić information content (AvgIpc) is 3.03. The second kappa shape index (κ2) is 9.37. The van der Waals surface area contributed by atoms with Gasteiger partial charge in [-0.25, -0.2) is 0 Å². The molecule has 1 amide bonds. The van der Waals surface area contributed by atoms with E-state index in [4.69, 9.17) is 0 Å². The maximum atomic E-state index is 12.6. The number of carbonyl (C=O) groups excluding carboxylic acids is 1. The van der Waals surface area contributed by atoms with Crippen LogP contribution in [-0.4, -0.2) is 44.2 Å². The summed E-state index contributed by atoms with van der Waals surface area (Å²) in [6.07, 6.45) is 2.51. The largest absolute Gasteiger partial charge is 0.433 e. The predicted octanol–water partition coefficient (Wildman–Crippen LogP) is 2.79. The van der Waals surface area contributed by atoms with E-state index in [2.05, 4.69) is 22.3 Å². The van der Waals surface area contributed by atoms with E-state index >= 15 is 0 Å². The molecule has 3 atom stereocenters. The molecule has 0 aromatic heterocycles. The number of alkyl halides is 2. The van der Waals surface area contributed by atoms with Crippen molar-refractivity contribution in [2.45, 2.75) is 44.9 Å². The van der Waals surface area contributed by atoms with Crippen molar-refractivity contribution in [2.75, 3.05) is 24.5 Å². The first-order chi connectivity index (χ1) is 12.0. The molecule has 8 heteroatoms. The number of ether oxygens (including phenoxy) is 1. The molecule has 0 radical (unpaired) electrons. The minimum Gasteiger partial charge on any atom is -0.433 e. The molecule has 2 heterocycles. The topological polar surface area (TPSA) is 53.6 Å². The van der Waals surface area contributed by atoms with Gasteiger partial charge in [0.25, 0.3) is 0 Å². The van der Waals surface area contributed by atoms with Crippen molar-refractivity contribution in [3.63, 3.8) is 0 Å². The van der Waals surface area contributed by atoms with Crippen LogP contribution in [0.15, 0.2) is 24.3 Å². The number of nitrogens with one attached hydrogen (secondary N) is 2. The van der Waals surface area contributed by atoms with E-state index in [1.807, 2.05) is 4.90 Å². The van der Waals surface area contributed by atoms with E-state index in [-0.39, 0.29) is 36.0 Å². The SMILES string of the molecule is C[C@H]1C[C@@H](C(=O)NC2CCN(c3ccccc3OC(F)F)C2)CCN1.Cl. The van der Waals surface area contributed by atoms with E-state index in [0.717, 1.165) is 25.8 Å². The minimum atomic E-state index is -2.85. The zero-order chi connectivity index (χ0) is 17.8. The van der Waals surface area contributed by atoms with Crippen LogP contribution in [0.2, 0.25) is 0 Å². The van der Waals surface area contributed by atoms with Gasteiger partial charge in [-0.15, -0.1) is 12.4 Å². The first-order valence-electron chi connectivity index (χ1n) is 8.85. The highest BCUT2D eigenvalue weighted by atomic mass is 35.5. The van der Waals surface area contributed by atoms with E-state index in [0.29, 0.717) is 24.8 Å². The fourth-order valence-corrected chi connectivity index (χ4v) is 3.70. The van der Waals surface area contributed by atoms with Crippen molar-refractivity contribution in [3.05, 3.63) is 24.3 Å². The van der Waals surface area contributed by atoms with Crippen LogP contribution < -0.4 is 20.3 Å². The van der Waals surface area contributed by atoms with Gasteiger partial charge < -0.3 is 20.3 Å². The summed E-state index contributed by atoms with van der Waals surface area (Å²) in [5.74, 6) is 0.341. The van der Waals surface area contributed by atoms with E-state index in [9.17, 15) is 13.6 Å². The predicted molar refractivity (Wildman–Crippen MR) is 99.3 cm³/mol. The Morgan fingerprint density at radius 3 is 2.85 bits per heavy atom. The molecule has 1 aromatic rings. The number of hydrogen-bond acceptors (Lipinski definition) is 4. The lowest BCUT2D eigenvalue weighted by Crippen LogP contribution is -2.46. The first kappa shape index (κ1) is 20.7. The maximum Gasteiger partial charge on any atom is 0.387 e. The number of amides is 1. The molecular formula is C18H26ClF2N3O2. The quantitative estimate of drug-likeness (QED) is 0.813. The number of halogens is 3. The Hall–Kier alpha value is -1.60. The van der Waals surface area contributed by atoms with Crippen LogP contribution in [0.4, 0.5) is 14.5 Å². The molecule has 2 N–H and O–H groups in total. The highest BCUT2D eigenvalue weighted by Crippen LogP contribution is 2.32. The van der Waals surface area contributed by atoms with Gasteiger partial charge >= 0.3 is 6.61 Å². The molecule has 1 aromatic carbocycles. The number of piperidine rings is 1. The number of nitrogens with zero attached hydrogens (tertiary/aromatic N) is 1. The van der Waals surface area contributed by atoms with Gasteiger partial charge in [0.2, 0.25) is 5.91 Å². The van der Waals surface area contributed by atoms with Gasteiger partial charge in [0.05, 0.1) is 5.69 Å². The zero-order valence-corrected chi connectivity index (χ0v) is 15.6. The molecule has 0 spiro atoms. The lowest BCUT2D eigenvalue weighted by molar-refractivity contribution is -0.126. The Morgan fingerprint density at radius 1 is 1.35 bits per heavy atom. The molecule has 2 saturated heterocycles. The van der Waals surface area contributed by atoms with Gasteiger partial charge in [0, 0.05) is 31.1 Å². The molecule has 2 aliphatic heterocycles. The molecule has 0 bridgehead atoms. The summed E-state index contributed by atoms with van der Waals surface area (Å²) >= 11 is 0. The van der Waals surface area contributed by atoms with E-state index in [1.165, 1.54) is 0 Å². The highest BCUT2D eigenvalue weighted by molar-refractivity contribution is 5.85. The summed E-state index contributed by atoms with van der Waals surface area (Å²) in [5, 5.41) is 6.48. The number of benzene rings is 1. The number of para-hydroxylation sites is 2. The van der Waals surface area contributed by atoms with Gasteiger partial charge in [-0.1, -0.05) is 12.1 Å². The average molecular weight is 390 g/mol. The van der Waals surface area contributed by atoms with Crippen molar-refractivity contribution in [1.82, 2.24) is 10.6 Å². The van der Waals surface area contributed by atoms with Gasteiger partial charge in [-0.3, -0.25) is 4.79 Å². The molecule has 2 fully saturated rings. The minimum absolute atomic E-state index is 0. The van der Waals surface area contributed by atoms with Crippen LogP contribution in [0.3, 0.4) is 0 Å². The van der Waals surface area contributed by atoms with Crippen LogP contribution in [0.1, 0.15) is 26.2 Å². The first-order valence-corrected chi connectivity index (χ1v) is 8.85. The third kappa shape index (κ3) is 5.20. The fraction of sp³-hybridized carbons (Fsp3) is 0.611. The van der Waals surface area contributed by atoms with E-state index < -0.39 is 6.61 Å². The summed E-state index contributed by atoms with van der Waals surface area (Å²) in [4.78, 5) is 14.5. The Bertz CT molecular complexity index is 606. The van der Waals surface area contributed by atoms with Crippen LogP contribution in [0.5, 0.6) is 5.75 Å². The van der Waals surface area contributed by atoms with Crippen LogP contribution >= 0.6 is 12.4 Å². The fourth-order valence-electron chi connectivity index (χ4n) is 3.70. The molecule has 1 unspecified atom stereocenters. The molecular weight excluding hydrogens is 364 g/mol. The number of hydrogen-bond donors (Lipinski definition) is 2. The third-order valence-electron chi connectivity index (χ3n) is 4.95. The zero-order valence-electron chi connectivity index (χ0n) is 14.8. The molecule has 0 aliphatic carbocycles. The van der Waals surface area contributed by atoms with Crippen molar-refractivity contribution in [3.8, 4) is 5.75 Å². The van der Waals surface area contributed by atoms with Crippen LogP contribution in [0, 0.1) is 5.92 Å². The van der Waals surface area contributed by atoms with Crippen LogP contribution in [-0.2, 0) is 4.79 Å². The van der Waals surface area contributed by atoms with Crippen LogP contribution in [0.25, 0.3) is 0 Å². The van der Waals surface area contributed by atoms with Gasteiger partial charge in [0.1, 0.15) is 5.75 Å².